The van der Waals surface area contributed by atoms with E-state index in [4.69, 9.17) is 11.6 Å². The van der Waals surface area contributed by atoms with Crippen LogP contribution in [0.5, 0.6) is 5.75 Å². The molecular formula is C10H10ClN3O2. The summed E-state index contributed by atoms with van der Waals surface area (Å²) in [5.74, 6) is -0.00278. The van der Waals surface area contributed by atoms with Crippen LogP contribution < -0.4 is 5.69 Å². The van der Waals surface area contributed by atoms with Gasteiger partial charge in [0.1, 0.15) is 5.75 Å². The molecule has 1 aromatic carbocycles. The molecule has 0 radical (unpaired) electrons. The zero-order valence-corrected chi connectivity index (χ0v) is 9.56. The summed E-state index contributed by atoms with van der Waals surface area (Å²) in [6, 6.07) is 4.98. The second kappa shape index (κ2) is 3.68. The molecule has 0 bridgehead atoms. The molecule has 1 N–H and O–H groups in total. The van der Waals surface area contributed by atoms with E-state index < -0.39 is 5.69 Å². The zero-order valence-electron chi connectivity index (χ0n) is 8.81. The van der Waals surface area contributed by atoms with E-state index in [1.54, 1.807) is 19.1 Å². The van der Waals surface area contributed by atoms with Crippen LogP contribution in [0.4, 0.5) is 0 Å². The molecule has 5 nitrogen and oxygen atoms in total. The van der Waals surface area contributed by atoms with Gasteiger partial charge < -0.3 is 5.11 Å². The molecular weight excluding hydrogens is 230 g/mol. The molecule has 1 aromatic heterocycles. The van der Waals surface area contributed by atoms with Crippen molar-refractivity contribution in [3.05, 3.63) is 39.5 Å². The van der Waals surface area contributed by atoms with Gasteiger partial charge in [0.2, 0.25) is 5.28 Å². The maximum absolute atomic E-state index is 11.8. The van der Waals surface area contributed by atoms with Gasteiger partial charge >= 0.3 is 5.69 Å². The van der Waals surface area contributed by atoms with Gasteiger partial charge in [-0.25, -0.2) is 14.0 Å². The molecule has 0 amide bonds. The van der Waals surface area contributed by atoms with Crippen molar-refractivity contribution in [1.29, 1.82) is 0 Å². The van der Waals surface area contributed by atoms with Gasteiger partial charge in [-0.2, -0.15) is 0 Å². The Bertz CT molecular complexity index is 580. The van der Waals surface area contributed by atoms with Crippen molar-refractivity contribution in [2.45, 2.75) is 6.92 Å². The number of hydrogen-bond donors (Lipinski definition) is 1. The molecule has 84 valence electrons. The van der Waals surface area contributed by atoms with E-state index in [2.05, 4.69) is 5.10 Å². The van der Waals surface area contributed by atoms with Gasteiger partial charge in [-0.1, -0.05) is 12.1 Å². The third-order valence-electron chi connectivity index (χ3n) is 2.33. The normalized spacial score (nSPS) is 10.7. The first-order valence-electron chi connectivity index (χ1n) is 4.63. The first-order valence-corrected chi connectivity index (χ1v) is 5.00. The Hall–Kier alpha value is -1.75. The highest BCUT2D eigenvalue weighted by Gasteiger charge is 2.15. The maximum atomic E-state index is 11.8. The monoisotopic (exact) mass is 239 g/mol. The summed E-state index contributed by atoms with van der Waals surface area (Å²) in [4.78, 5) is 11.8. The van der Waals surface area contributed by atoms with E-state index in [-0.39, 0.29) is 11.0 Å². The minimum absolute atomic E-state index is 0.00278. The fourth-order valence-electron chi connectivity index (χ4n) is 1.56. The third kappa shape index (κ3) is 1.49. The minimum atomic E-state index is -0.394. The summed E-state index contributed by atoms with van der Waals surface area (Å²) in [5, 5.41) is 13.6. The molecule has 1 heterocycles. The maximum Gasteiger partial charge on any atom is 0.351 e. The molecule has 2 rings (SSSR count). The fourth-order valence-corrected chi connectivity index (χ4v) is 1.83. The zero-order chi connectivity index (χ0) is 11.9. The molecule has 0 saturated carbocycles. The van der Waals surface area contributed by atoms with Crippen LogP contribution in [0.3, 0.4) is 0 Å². The Morgan fingerprint density at radius 1 is 1.44 bits per heavy atom. The molecule has 0 atom stereocenters. The van der Waals surface area contributed by atoms with Crippen molar-refractivity contribution < 1.29 is 5.11 Å². The number of para-hydroxylation sites is 1. The second-order valence-corrected chi connectivity index (χ2v) is 3.79. The van der Waals surface area contributed by atoms with Gasteiger partial charge in [0, 0.05) is 7.05 Å². The fraction of sp³-hybridized carbons (Fsp3) is 0.200. The van der Waals surface area contributed by atoms with Crippen LogP contribution in [0.15, 0.2) is 23.0 Å². The second-order valence-electron chi connectivity index (χ2n) is 3.45. The van der Waals surface area contributed by atoms with E-state index in [0.717, 1.165) is 10.2 Å². The van der Waals surface area contributed by atoms with Crippen molar-refractivity contribution in [1.82, 2.24) is 14.3 Å². The van der Waals surface area contributed by atoms with Gasteiger partial charge in [0.25, 0.3) is 0 Å². The van der Waals surface area contributed by atoms with Crippen LogP contribution >= 0.6 is 11.6 Å². The number of aromatic nitrogens is 3. The lowest BCUT2D eigenvalue weighted by molar-refractivity contribution is 0.471. The quantitative estimate of drug-likeness (QED) is 0.815. The Labute approximate surface area is 96.5 Å². The van der Waals surface area contributed by atoms with Crippen molar-refractivity contribution in [3.8, 4) is 11.4 Å². The van der Waals surface area contributed by atoms with Crippen LogP contribution in [0, 0.1) is 6.92 Å². The molecule has 6 heteroatoms. The average Bonchev–Trinajstić information content (AvgIpc) is 2.44. The first-order chi connectivity index (χ1) is 7.52. The van der Waals surface area contributed by atoms with Crippen LogP contribution in [-0.4, -0.2) is 19.5 Å². The number of aryl methyl sites for hydroxylation is 2. The number of phenolic OH excluding ortho intramolecular Hbond substituents is 1. The van der Waals surface area contributed by atoms with Crippen LogP contribution in [-0.2, 0) is 7.05 Å². The minimum Gasteiger partial charge on any atom is -0.506 e. The molecule has 16 heavy (non-hydrogen) atoms. The van der Waals surface area contributed by atoms with E-state index in [0.29, 0.717) is 5.69 Å². The highest BCUT2D eigenvalue weighted by molar-refractivity contribution is 6.28. The number of phenols is 1. The SMILES string of the molecule is Cc1cccc(O)c1-n1c(Cl)nn(C)c1=O. The summed E-state index contributed by atoms with van der Waals surface area (Å²) >= 11 is 5.85. The molecule has 0 aliphatic carbocycles. The summed E-state index contributed by atoms with van der Waals surface area (Å²) in [7, 11) is 1.50. The molecule has 0 fully saturated rings. The number of rotatable bonds is 1. The summed E-state index contributed by atoms with van der Waals surface area (Å²) in [5.41, 5.74) is 0.720. The van der Waals surface area contributed by atoms with Gasteiger partial charge in [0.15, 0.2) is 0 Å². The van der Waals surface area contributed by atoms with Crippen LogP contribution in [0.1, 0.15) is 5.56 Å². The van der Waals surface area contributed by atoms with Crippen molar-refractivity contribution >= 4 is 11.6 Å². The number of benzene rings is 1. The van der Waals surface area contributed by atoms with Gasteiger partial charge in [-0.15, -0.1) is 5.10 Å². The van der Waals surface area contributed by atoms with Gasteiger partial charge in [0.05, 0.1) is 5.69 Å². The van der Waals surface area contributed by atoms with Crippen molar-refractivity contribution in [2.75, 3.05) is 0 Å². The number of halogens is 1. The Kier molecular flexibility index (Phi) is 2.47. The smallest absolute Gasteiger partial charge is 0.351 e. The lowest BCUT2D eigenvalue weighted by Gasteiger charge is -2.07. The van der Waals surface area contributed by atoms with Gasteiger partial charge in [-0.05, 0) is 30.2 Å². The third-order valence-corrected chi connectivity index (χ3v) is 2.57. The highest BCUT2D eigenvalue weighted by Crippen LogP contribution is 2.25. The predicted molar refractivity (Wildman–Crippen MR) is 60.2 cm³/mol. The van der Waals surface area contributed by atoms with Crippen LogP contribution in [0.25, 0.3) is 5.69 Å². The first kappa shape index (κ1) is 10.8. The molecule has 0 spiro atoms. The number of aromatic hydroxyl groups is 1. The standard InChI is InChI=1S/C10H10ClN3O2/c1-6-4-3-5-7(15)8(6)14-9(11)12-13(2)10(14)16/h3-5,15H,1-2H3. The Morgan fingerprint density at radius 3 is 2.62 bits per heavy atom. The Balaban J connectivity index is 2.82. The van der Waals surface area contributed by atoms with Crippen molar-refractivity contribution in [3.63, 3.8) is 0 Å². The molecule has 0 saturated heterocycles. The molecule has 0 unspecified atom stereocenters. The van der Waals surface area contributed by atoms with E-state index in [9.17, 15) is 9.90 Å². The largest absolute Gasteiger partial charge is 0.506 e. The van der Waals surface area contributed by atoms with E-state index in [1.807, 2.05) is 0 Å². The Morgan fingerprint density at radius 2 is 2.12 bits per heavy atom. The van der Waals surface area contributed by atoms with Crippen LogP contribution in [0.2, 0.25) is 5.28 Å². The highest BCUT2D eigenvalue weighted by atomic mass is 35.5. The summed E-state index contributed by atoms with van der Waals surface area (Å²) < 4.78 is 2.29. The van der Waals surface area contributed by atoms with E-state index >= 15 is 0 Å². The summed E-state index contributed by atoms with van der Waals surface area (Å²) in [6.45, 7) is 1.78. The predicted octanol–water partition coefficient (Wildman–Crippen LogP) is 1.24. The van der Waals surface area contributed by atoms with E-state index in [1.165, 1.54) is 17.7 Å². The number of hydrogen-bond acceptors (Lipinski definition) is 3. The summed E-state index contributed by atoms with van der Waals surface area (Å²) in [6.07, 6.45) is 0. The van der Waals surface area contributed by atoms with Crippen molar-refractivity contribution in [2.24, 2.45) is 7.05 Å². The molecule has 2 aromatic rings. The molecule has 0 aliphatic heterocycles. The topological polar surface area (TPSA) is 60.0 Å². The van der Waals surface area contributed by atoms with Gasteiger partial charge in [-0.3, -0.25) is 0 Å². The lowest BCUT2D eigenvalue weighted by atomic mass is 10.2. The average molecular weight is 240 g/mol. The molecule has 0 aliphatic rings. The number of nitrogens with zero attached hydrogens (tertiary/aromatic N) is 3. The lowest BCUT2D eigenvalue weighted by Crippen LogP contribution is -2.22.